The molecule has 1 atom stereocenters. The first kappa shape index (κ1) is 20.6. The van der Waals surface area contributed by atoms with Gasteiger partial charge in [0.25, 0.3) is 5.56 Å². The molecule has 0 saturated heterocycles. The van der Waals surface area contributed by atoms with Crippen LogP contribution in [0.15, 0.2) is 59.7 Å². The van der Waals surface area contributed by atoms with Crippen molar-refractivity contribution in [3.8, 4) is 0 Å². The molecule has 0 bridgehead atoms. The molecule has 0 radical (unpaired) electrons. The molecule has 0 fully saturated rings. The lowest BCUT2D eigenvalue weighted by atomic mass is 10.1. The van der Waals surface area contributed by atoms with E-state index >= 15 is 0 Å². The van der Waals surface area contributed by atoms with Crippen LogP contribution in [-0.2, 0) is 11.3 Å². The number of para-hydroxylation sites is 1. The largest absolute Gasteiger partial charge is 0.354 e. The zero-order chi connectivity index (χ0) is 18.5. The molecule has 7 heteroatoms. The second kappa shape index (κ2) is 9.30. The van der Waals surface area contributed by atoms with Crippen LogP contribution < -0.4 is 16.6 Å². The smallest absolute Gasteiger partial charge is 0.261 e. The molecule has 0 aliphatic heterocycles. The molecule has 142 valence electrons. The molecule has 6 nitrogen and oxygen atoms in total. The third-order valence-corrected chi connectivity index (χ3v) is 4.38. The molecule has 0 saturated carbocycles. The predicted molar refractivity (Wildman–Crippen MR) is 109 cm³/mol. The van der Waals surface area contributed by atoms with Crippen molar-refractivity contribution in [2.45, 2.75) is 25.9 Å². The van der Waals surface area contributed by atoms with E-state index in [2.05, 4.69) is 10.3 Å². The topological polar surface area (TPSA) is 90.0 Å². The maximum Gasteiger partial charge on any atom is 0.261 e. The first-order valence-corrected chi connectivity index (χ1v) is 8.58. The Bertz CT molecular complexity index is 973. The fourth-order valence-corrected chi connectivity index (χ4v) is 2.85. The van der Waals surface area contributed by atoms with Crippen LogP contribution in [-0.4, -0.2) is 22.0 Å². The van der Waals surface area contributed by atoms with Gasteiger partial charge in [-0.3, -0.25) is 14.2 Å². The fraction of sp³-hybridized carbons (Fsp3) is 0.250. The quantitative estimate of drug-likeness (QED) is 0.680. The number of halogens is 1. The van der Waals surface area contributed by atoms with Crippen molar-refractivity contribution in [1.29, 1.82) is 0 Å². The van der Waals surface area contributed by atoms with Gasteiger partial charge in [0, 0.05) is 25.6 Å². The monoisotopic (exact) mass is 386 g/mol. The highest BCUT2D eigenvalue weighted by atomic mass is 35.5. The van der Waals surface area contributed by atoms with Crippen LogP contribution in [0.5, 0.6) is 0 Å². The summed E-state index contributed by atoms with van der Waals surface area (Å²) in [4.78, 5) is 28.9. The Kier molecular flexibility index (Phi) is 7.10. The van der Waals surface area contributed by atoms with E-state index in [0.717, 1.165) is 11.1 Å². The van der Waals surface area contributed by atoms with Crippen molar-refractivity contribution in [1.82, 2.24) is 14.9 Å². The number of nitrogens with one attached hydrogen (secondary N) is 1. The number of nitrogens with zero attached hydrogens (tertiary/aromatic N) is 2. The highest BCUT2D eigenvalue weighted by Gasteiger charge is 2.10. The lowest BCUT2D eigenvalue weighted by molar-refractivity contribution is -0.121. The minimum absolute atomic E-state index is 0. The third-order valence-electron chi connectivity index (χ3n) is 4.38. The summed E-state index contributed by atoms with van der Waals surface area (Å²) in [7, 11) is 0. The molecular formula is C20H23ClN4O2. The van der Waals surface area contributed by atoms with Crippen LogP contribution in [0.25, 0.3) is 10.9 Å². The summed E-state index contributed by atoms with van der Waals surface area (Å²) in [6, 6.07) is 14.9. The number of amides is 1. The molecule has 3 N–H and O–H groups in total. The van der Waals surface area contributed by atoms with Gasteiger partial charge >= 0.3 is 0 Å². The predicted octanol–water partition coefficient (Wildman–Crippen LogP) is 2.33. The van der Waals surface area contributed by atoms with E-state index < -0.39 is 0 Å². The average molecular weight is 387 g/mol. The third kappa shape index (κ3) is 4.93. The number of nitrogens with two attached hydrogens (primary N) is 1. The number of fused-ring (bicyclic) bond motifs is 1. The van der Waals surface area contributed by atoms with E-state index in [4.69, 9.17) is 5.73 Å². The van der Waals surface area contributed by atoms with Crippen molar-refractivity contribution in [3.05, 3.63) is 76.3 Å². The molecule has 3 aromatic rings. The summed E-state index contributed by atoms with van der Waals surface area (Å²) in [6.45, 7) is 2.55. The van der Waals surface area contributed by atoms with Crippen LogP contribution >= 0.6 is 12.4 Å². The van der Waals surface area contributed by atoms with Crippen molar-refractivity contribution >= 4 is 29.2 Å². The number of benzene rings is 2. The van der Waals surface area contributed by atoms with E-state index in [1.54, 1.807) is 6.07 Å². The molecular weight excluding hydrogens is 364 g/mol. The Morgan fingerprint density at radius 1 is 1.19 bits per heavy atom. The van der Waals surface area contributed by atoms with Gasteiger partial charge in [-0.05, 0) is 24.1 Å². The average Bonchev–Trinajstić information content (AvgIpc) is 2.67. The van der Waals surface area contributed by atoms with Crippen LogP contribution in [0.1, 0.15) is 23.6 Å². The Labute approximate surface area is 163 Å². The summed E-state index contributed by atoms with van der Waals surface area (Å²) < 4.78 is 1.47. The summed E-state index contributed by atoms with van der Waals surface area (Å²) in [5, 5.41) is 3.39. The molecule has 3 rings (SSSR count). The van der Waals surface area contributed by atoms with Crippen molar-refractivity contribution in [3.63, 3.8) is 0 Å². The summed E-state index contributed by atoms with van der Waals surface area (Å²) >= 11 is 0. The van der Waals surface area contributed by atoms with Gasteiger partial charge in [-0.15, -0.1) is 12.4 Å². The van der Waals surface area contributed by atoms with E-state index in [-0.39, 0.29) is 42.9 Å². The van der Waals surface area contributed by atoms with Crippen molar-refractivity contribution < 1.29 is 4.79 Å². The van der Waals surface area contributed by atoms with Gasteiger partial charge in [0.2, 0.25) is 5.91 Å². The van der Waals surface area contributed by atoms with Crippen molar-refractivity contribution in [2.24, 2.45) is 5.73 Å². The molecule has 27 heavy (non-hydrogen) atoms. The molecule has 1 heterocycles. The molecule has 2 aromatic carbocycles. The molecule has 0 spiro atoms. The SMILES string of the molecule is Cc1cccc2c(=O)n(CCC(=O)NCC(N)c3ccccc3)cnc12.Cl. The lowest BCUT2D eigenvalue weighted by Crippen LogP contribution is -2.33. The fourth-order valence-electron chi connectivity index (χ4n) is 2.85. The molecule has 0 aliphatic rings. The number of rotatable bonds is 6. The molecule has 1 unspecified atom stereocenters. The Morgan fingerprint density at radius 2 is 1.93 bits per heavy atom. The summed E-state index contributed by atoms with van der Waals surface area (Å²) in [5.41, 5.74) is 8.57. The lowest BCUT2D eigenvalue weighted by Gasteiger charge is -2.13. The van der Waals surface area contributed by atoms with Gasteiger partial charge in [0.1, 0.15) is 0 Å². The van der Waals surface area contributed by atoms with Crippen LogP contribution in [0, 0.1) is 6.92 Å². The second-order valence-corrected chi connectivity index (χ2v) is 6.29. The number of aryl methyl sites for hydroxylation is 2. The first-order valence-electron chi connectivity index (χ1n) is 8.58. The normalized spacial score (nSPS) is 11.6. The van der Waals surface area contributed by atoms with Gasteiger partial charge in [0.15, 0.2) is 0 Å². The van der Waals surface area contributed by atoms with Crippen molar-refractivity contribution in [2.75, 3.05) is 6.54 Å². The van der Waals surface area contributed by atoms with Gasteiger partial charge < -0.3 is 11.1 Å². The maximum atomic E-state index is 12.5. The van der Waals surface area contributed by atoms with Gasteiger partial charge in [-0.25, -0.2) is 4.98 Å². The number of hydrogen-bond acceptors (Lipinski definition) is 4. The first-order chi connectivity index (χ1) is 12.6. The maximum absolute atomic E-state index is 12.5. The highest BCUT2D eigenvalue weighted by molar-refractivity contribution is 5.85. The molecule has 1 aromatic heterocycles. The zero-order valence-electron chi connectivity index (χ0n) is 15.1. The Balaban J connectivity index is 0.00000261. The number of hydrogen-bond donors (Lipinski definition) is 2. The number of carbonyl (C=O) groups excluding carboxylic acids is 1. The zero-order valence-corrected chi connectivity index (χ0v) is 15.9. The molecule has 0 aliphatic carbocycles. The molecule has 1 amide bonds. The van der Waals surface area contributed by atoms with Crippen LogP contribution in [0.4, 0.5) is 0 Å². The number of carbonyl (C=O) groups is 1. The van der Waals surface area contributed by atoms with Gasteiger partial charge in [0.05, 0.1) is 17.2 Å². The van der Waals surface area contributed by atoms with E-state index in [9.17, 15) is 9.59 Å². The Hall–Kier alpha value is -2.70. The number of aromatic nitrogens is 2. The standard InChI is InChI=1S/C20H22N4O2.ClH/c1-14-6-5-9-16-19(14)23-13-24(20(16)26)11-10-18(25)22-12-17(21)15-7-3-2-4-8-15;/h2-9,13,17H,10-12,21H2,1H3,(H,22,25);1H. The van der Waals surface area contributed by atoms with E-state index in [0.29, 0.717) is 17.4 Å². The van der Waals surface area contributed by atoms with E-state index in [1.807, 2.05) is 49.4 Å². The van der Waals surface area contributed by atoms with Crippen LogP contribution in [0.2, 0.25) is 0 Å². The second-order valence-electron chi connectivity index (χ2n) is 6.29. The van der Waals surface area contributed by atoms with Gasteiger partial charge in [-0.2, -0.15) is 0 Å². The minimum Gasteiger partial charge on any atom is -0.354 e. The van der Waals surface area contributed by atoms with E-state index in [1.165, 1.54) is 10.9 Å². The Morgan fingerprint density at radius 3 is 2.67 bits per heavy atom. The highest BCUT2D eigenvalue weighted by Crippen LogP contribution is 2.11. The van der Waals surface area contributed by atoms with Gasteiger partial charge in [-0.1, -0.05) is 42.5 Å². The summed E-state index contributed by atoms with van der Waals surface area (Å²) in [6.07, 6.45) is 1.70. The van der Waals surface area contributed by atoms with Crippen LogP contribution in [0.3, 0.4) is 0 Å². The minimum atomic E-state index is -0.256. The summed E-state index contributed by atoms with van der Waals surface area (Å²) in [5.74, 6) is -0.146.